The highest BCUT2D eigenvalue weighted by atomic mass is 16.7. The molecule has 0 heterocycles. The minimum atomic E-state index is -0.572. The summed E-state index contributed by atoms with van der Waals surface area (Å²) in [6, 6.07) is 7.92. The van der Waals surface area contributed by atoms with Crippen LogP contribution in [0.3, 0.4) is 0 Å². The van der Waals surface area contributed by atoms with Crippen LogP contribution in [0.4, 0.5) is 4.79 Å². The molecule has 246 valence electrons. The fourth-order valence-corrected chi connectivity index (χ4v) is 11.3. The van der Waals surface area contributed by atoms with Gasteiger partial charge in [-0.1, -0.05) is 51.0 Å². The molecule has 5 aliphatic carbocycles. The molecule has 4 saturated carbocycles. The van der Waals surface area contributed by atoms with E-state index in [2.05, 4.69) is 32.8 Å². The van der Waals surface area contributed by atoms with Crippen molar-refractivity contribution in [1.29, 1.82) is 0 Å². The first kappa shape index (κ1) is 32.4. The van der Waals surface area contributed by atoms with Crippen LogP contribution in [-0.2, 0) is 20.7 Å². The molecule has 0 saturated heterocycles. The van der Waals surface area contributed by atoms with Crippen LogP contribution in [0, 0.1) is 58.7 Å². The zero-order valence-electron chi connectivity index (χ0n) is 27.5. The van der Waals surface area contributed by atoms with Gasteiger partial charge in [-0.2, -0.15) is 0 Å². The number of esters is 1. The van der Waals surface area contributed by atoms with Gasteiger partial charge in [-0.25, -0.2) is 4.79 Å². The minimum absolute atomic E-state index is 0.126. The van der Waals surface area contributed by atoms with E-state index in [1.54, 1.807) is 4.90 Å². The van der Waals surface area contributed by atoms with Crippen molar-refractivity contribution in [3.8, 4) is 12.3 Å². The number of rotatable bonds is 8. The number of nitrogens with zero attached hydrogens (tertiary/aromatic N) is 1. The minimum Gasteiger partial charge on any atom is -0.428 e. The highest BCUT2D eigenvalue weighted by Crippen LogP contribution is 2.68. The second-order valence-electron chi connectivity index (χ2n) is 15.5. The second kappa shape index (κ2) is 12.9. The van der Waals surface area contributed by atoms with Gasteiger partial charge in [0.25, 0.3) is 0 Å². The van der Waals surface area contributed by atoms with Gasteiger partial charge in [-0.3, -0.25) is 9.69 Å². The zero-order chi connectivity index (χ0) is 31.9. The van der Waals surface area contributed by atoms with Gasteiger partial charge in [-0.15, -0.1) is 6.42 Å². The summed E-state index contributed by atoms with van der Waals surface area (Å²) in [6.07, 6.45) is 15.5. The first-order valence-corrected chi connectivity index (χ1v) is 17.5. The first-order valence-electron chi connectivity index (χ1n) is 17.5. The Bertz CT molecular complexity index is 1290. The lowest BCUT2D eigenvalue weighted by Gasteiger charge is -2.62. The molecule has 6 rings (SSSR count). The van der Waals surface area contributed by atoms with Crippen LogP contribution in [0.15, 0.2) is 24.3 Å². The molecule has 1 aromatic carbocycles. The summed E-state index contributed by atoms with van der Waals surface area (Å²) >= 11 is 0. The van der Waals surface area contributed by atoms with E-state index >= 15 is 0 Å². The summed E-state index contributed by atoms with van der Waals surface area (Å²) in [5.41, 5.74) is 2.39. The van der Waals surface area contributed by atoms with Crippen LogP contribution in [-0.4, -0.2) is 52.7 Å². The summed E-state index contributed by atoms with van der Waals surface area (Å²) in [5.74, 6) is 5.06. The molecular weight excluding hydrogens is 566 g/mol. The average Bonchev–Trinajstić information content (AvgIpc) is 3.61. The Morgan fingerprint density at radius 3 is 2.64 bits per heavy atom. The van der Waals surface area contributed by atoms with Crippen LogP contribution in [0.25, 0.3) is 0 Å². The van der Waals surface area contributed by atoms with E-state index in [0.29, 0.717) is 36.0 Å². The highest BCUT2D eigenvalue weighted by Gasteiger charge is 2.63. The monoisotopic (exact) mass is 619 g/mol. The maximum absolute atomic E-state index is 12.9. The normalized spacial score (nSPS) is 38.9. The maximum atomic E-state index is 12.9. The Hall–Kier alpha value is -2.56. The number of aryl methyl sites for hydroxylation is 1. The Morgan fingerprint density at radius 1 is 1.04 bits per heavy atom. The van der Waals surface area contributed by atoms with E-state index < -0.39 is 12.9 Å². The molecule has 0 radical (unpaired) electrons. The third-order valence-corrected chi connectivity index (χ3v) is 13.7. The standard InChI is InChI=1S/C38H53NO6/c1-5-20-39(33-16-11-25-8-6-7-9-28(25)33)36(43)45-23-44-35(42)17-10-24(2)30-14-15-31-29-13-12-26-21-27(40)18-19-37(26,3)32(29)22-34(41)38(30,31)4/h1,6-9,24,26-27,29-34,40-41H,10-23H2,2-4H3/t24-,26-,27-,29?,30?,31?,32?,33-,34+,37+,38-/m1/s1. The molecule has 1 amide bonds. The number of hydrogen-bond acceptors (Lipinski definition) is 6. The average molecular weight is 620 g/mol. The number of benzene rings is 1. The van der Waals surface area contributed by atoms with Gasteiger partial charge in [0, 0.05) is 6.42 Å². The van der Waals surface area contributed by atoms with E-state index in [1.165, 1.54) is 18.4 Å². The zero-order valence-corrected chi connectivity index (χ0v) is 27.5. The van der Waals surface area contributed by atoms with Gasteiger partial charge in [-0.05, 0) is 128 Å². The third kappa shape index (κ3) is 5.80. The van der Waals surface area contributed by atoms with Gasteiger partial charge in [0.2, 0.25) is 6.79 Å². The lowest BCUT2D eigenvalue weighted by Crippen LogP contribution is -2.58. The lowest BCUT2D eigenvalue weighted by molar-refractivity contribution is -0.175. The number of carbonyl (C=O) groups is 2. The van der Waals surface area contributed by atoms with Crippen molar-refractivity contribution in [3.63, 3.8) is 0 Å². The summed E-state index contributed by atoms with van der Waals surface area (Å²) in [6.45, 7) is 6.70. The topological polar surface area (TPSA) is 96.3 Å². The summed E-state index contributed by atoms with van der Waals surface area (Å²) in [4.78, 5) is 27.2. The number of ether oxygens (including phenoxy) is 2. The largest absolute Gasteiger partial charge is 0.428 e. The maximum Gasteiger partial charge on any atom is 0.413 e. The van der Waals surface area contributed by atoms with Crippen LogP contribution >= 0.6 is 0 Å². The van der Waals surface area contributed by atoms with Crippen LogP contribution < -0.4 is 0 Å². The molecular formula is C38H53NO6. The molecule has 7 heteroatoms. The SMILES string of the molecule is C#CCN(C(=O)OCOC(=O)CC[C@@H](C)C1CCC2C3CC[C@@H]4C[C@H](O)CC[C@]4(C)C3C[C@H](O)[C@@]21C)[C@@H]1CCc2ccccc21. The molecule has 0 bridgehead atoms. The van der Waals surface area contributed by atoms with Gasteiger partial charge >= 0.3 is 12.1 Å². The number of hydrogen-bond donors (Lipinski definition) is 2. The fraction of sp³-hybridized carbons (Fsp3) is 0.737. The molecule has 4 fully saturated rings. The van der Waals surface area contributed by atoms with Crippen molar-refractivity contribution in [2.45, 2.75) is 116 Å². The van der Waals surface area contributed by atoms with Crippen molar-refractivity contribution in [2.24, 2.45) is 46.3 Å². The highest BCUT2D eigenvalue weighted by molar-refractivity contribution is 5.71. The second-order valence-corrected chi connectivity index (χ2v) is 15.5. The Balaban J connectivity index is 1.00. The van der Waals surface area contributed by atoms with E-state index in [4.69, 9.17) is 15.9 Å². The van der Waals surface area contributed by atoms with Crippen LogP contribution in [0.2, 0.25) is 0 Å². The quantitative estimate of drug-likeness (QED) is 0.192. The van der Waals surface area contributed by atoms with E-state index in [9.17, 15) is 19.8 Å². The number of terminal acetylenes is 1. The van der Waals surface area contributed by atoms with Crippen LogP contribution in [0.5, 0.6) is 0 Å². The van der Waals surface area contributed by atoms with Gasteiger partial charge in [0.05, 0.1) is 24.8 Å². The molecule has 0 aromatic heterocycles. The van der Waals surface area contributed by atoms with Crippen molar-refractivity contribution in [2.75, 3.05) is 13.3 Å². The number of amides is 1. The first-order chi connectivity index (χ1) is 21.6. The van der Waals surface area contributed by atoms with Crippen molar-refractivity contribution >= 4 is 12.1 Å². The molecule has 2 N–H and O–H groups in total. The summed E-state index contributed by atoms with van der Waals surface area (Å²) in [5, 5.41) is 22.2. The van der Waals surface area contributed by atoms with Crippen LogP contribution in [0.1, 0.15) is 109 Å². The van der Waals surface area contributed by atoms with Crippen molar-refractivity contribution in [3.05, 3.63) is 35.4 Å². The number of carbonyl (C=O) groups excluding carboxylic acids is 2. The Morgan fingerprint density at radius 2 is 1.84 bits per heavy atom. The fourth-order valence-electron chi connectivity index (χ4n) is 11.3. The molecule has 0 spiro atoms. The van der Waals surface area contributed by atoms with Gasteiger partial charge in [0.15, 0.2) is 0 Å². The molecule has 11 atom stereocenters. The molecule has 1 aromatic rings. The van der Waals surface area contributed by atoms with E-state index in [0.717, 1.165) is 56.9 Å². The van der Waals surface area contributed by atoms with Gasteiger partial charge < -0.3 is 19.7 Å². The number of fused-ring (bicyclic) bond motifs is 6. The predicted octanol–water partition coefficient (Wildman–Crippen LogP) is 6.65. The number of aliphatic hydroxyl groups excluding tert-OH is 2. The van der Waals surface area contributed by atoms with Gasteiger partial charge in [0.1, 0.15) is 0 Å². The molecule has 5 aliphatic rings. The van der Waals surface area contributed by atoms with E-state index in [-0.39, 0.29) is 53.9 Å². The molecule has 4 unspecified atom stereocenters. The summed E-state index contributed by atoms with van der Waals surface area (Å²) in [7, 11) is 0. The van der Waals surface area contributed by atoms with E-state index in [1.807, 2.05) is 18.2 Å². The lowest BCUT2D eigenvalue weighted by atomic mass is 9.43. The molecule has 45 heavy (non-hydrogen) atoms. The third-order valence-electron chi connectivity index (χ3n) is 13.7. The molecule has 7 nitrogen and oxygen atoms in total. The van der Waals surface area contributed by atoms with Crippen molar-refractivity contribution < 1.29 is 29.3 Å². The van der Waals surface area contributed by atoms with Crippen molar-refractivity contribution in [1.82, 2.24) is 4.90 Å². The number of aliphatic hydroxyl groups is 2. The Kier molecular flexibility index (Phi) is 9.29. The molecule has 0 aliphatic heterocycles. The smallest absolute Gasteiger partial charge is 0.413 e. The summed E-state index contributed by atoms with van der Waals surface area (Å²) < 4.78 is 10.7. The predicted molar refractivity (Wildman–Crippen MR) is 171 cm³/mol. The Labute approximate surface area is 269 Å².